The molecule has 1 N–H and O–H groups in total. The molecule has 118 valence electrons. The van der Waals surface area contributed by atoms with Crippen LogP contribution in [0.25, 0.3) is 0 Å². The molecule has 0 bridgehead atoms. The minimum absolute atomic E-state index is 0.251. The Balaban J connectivity index is 1.66. The molecule has 1 aromatic rings. The van der Waals surface area contributed by atoms with Crippen LogP contribution < -0.4 is 10.1 Å². The minimum atomic E-state index is 0.251. The van der Waals surface area contributed by atoms with Crippen LogP contribution in [0.4, 0.5) is 0 Å². The molecular formula is C19H31NO. The summed E-state index contributed by atoms with van der Waals surface area (Å²) in [4.78, 5) is 0. The van der Waals surface area contributed by atoms with Crippen molar-refractivity contribution in [2.75, 3.05) is 19.7 Å². The van der Waals surface area contributed by atoms with E-state index in [9.17, 15) is 0 Å². The molecule has 0 radical (unpaired) electrons. The van der Waals surface area contributed by atoms with Crippen molar-refractivity contribution in [1.29, 1.82) is 0 Å². The van der Waals surface area contributed by atoms with Crippen LogP contribution in [0.5, 0.6) is 5.75 Å². The lowest BCUT2D eigenvalue weighted by molar-refractivity contribution is 0.308. The van der Waals surface area contributed by atoms with Gasteiger partial charge in [0.15, 0.2) is 0 Å². The van der Waals surface area contributed by atoms with Crippen LogP contribution in [-0.2, 0) is 5.41 Å². The highest BCUT2D eigenvalue weighted by atomic mass is 16.5. The molecule has 0 aliphatic heterocycles. The Bertz CT molecular complexity index is 404. The summed E-state index contributed by atoms with van der Waals surface area (Å²) >= 11 is 0. The molecule has 21 heavy (non-hydrogen) atoms. The van der Waals surface area contributed by atoms with Crippen molar-refractivity contribution < 1.29 is 4.74 Å². The summed E-state index contributed by atoms with van der Waals surface area (Å²) in [5.74, 6) is 1.88. The van der Waals surface area contributed by atoms with Gasteiger partial charge in [-0.3, -0.25) is 0 Å². The van der Waals surface area contributed by atoms with Gasteiger partial charge in [0.2, 0.25) is 0 Å². The summed E-state index contributed by atoms with van der Waals surface area (Å²) in [6, 6.07) is 8.60. The van der Waals surface area contributed by atoms with Crippen molar-refractivity contribution in [2.24, 2.45) is 5.92 Å². The maximum atomic E-state index is 5.81. The Hall–Kier alpha value is -1.02. The molecular weight excluding hydrogens is 258 g/mol. The van der Waals surface area contributed by atoms with Crippen LogP contribution in [0.1, 0.15) is 58.4 Å². The largest absolute Gasteiger partial charge is 0.492 e. The van der Waals surface area contributed by atoms with Gasteiger partial charge in [0.25, 0.3) is 0 Å². The van der Waals surface area contributed by atoms with Gasteiger partial charge in [-0.1, -0.05) is 45.7 Å². The molecule has 0 spiro atoms. The highest BCUT2D eigenvalue weighted by molar-refractivity contribution is 5.31. The molecule has 0 atom stereocenters. The number of benzene rings is 1. The Morgan fingerprint density at radius 3 is 2.43 bits per heavy atom. The van der Waals surface area contributed by atoms with E-state index in [-0.39, 0.29) is 5.41 Å². The third-order valence-corrected chi connectivity index (χ3v) is 4.97. The lowest BCUT2D eigenvalue weighted by Crippen LogP contribution is -2.26. The average molecular weight is 289 g/mol. The van der Waals surface area contributed by atoms with Crippen molar-refractivity contribution in [2.45, 2.75) is 58.3 Å². The van der Waals surface area contributed by atoms with Crippen molar-refractivity contribution in [3.8, 4) is 5.75 Å². The first-order chi connectivity index (χ1) is 10.1. The van der Waals surface area contributed by atoms with E-state index in [0.29, 0.717) is 0 Å². The maximum Gasteiger partial charge on any atom is 0.119 e. The highest BCUT2D eigenvalue weighted by Gasteiger charge is 2.17. The fourth-order valence-corrected chi connectivity index (χ4v) is 2.97. The predicted molar refractivity (Wildman–Crippen MR) is 90.1 cm³/mol. The highest BCUT2D eigenvalue weighted by Crippen LogP contribution is 2.28. The van der Waals surface area contributed by atoms with E-state index >= 15 is 0 Å². The molecule has 0 amide bonds. The van der Waals surface area contributed by atoms with Gasteiger partial charge >= 0.3 is 0 Å². The first-order valence-electron chi connectivity index (χ1n) is 8.56. The fraction of sp³-hybridized carbons (Fsp3) is 0.684. The summed E-state index contributed by atoms with van der Waals surface area (Å²) in [7, 11) is 0. The minimum Gasteiger partial charge on any atom is -0.492 e. The summed E-state index contributed by atoms with van der Waals surface area (Å²) < 4.78 is 5.81. The summed E-state index contributed by atoms with van der Waals surface area (Å²) in [6.45, 7) is 9.67. The lowest BCUT2D eigenvalue weighted by atomic mass is 9.82. The third kappa shape index (κ3) is 5.03. The van der Waals surface area contributed by atoms with Gasteiger partial charge in [0.1, 0.15) is 12.4 Å². The smallest absolute Gasteiger partial charge is 0.119 e. The van der Waals surface area contributed by atoms with E-state index in [1.54, 1.807) is 0 Å². The molecule has 0 unspecified atom stereocenters. The molecule has 2 rings (SSSR count). The van der Waals surface area contributed by atoms with E-state index in [1.807, 2.05) is 0 Å². The van der Waals surface area contributed by atoms with Crippen LogP contribution >= 0.6 is 0 Å². The molecule has 2 nitrogen and oxygen atoms in total. The predicted octanol–water partition coefficient (Wildman–Crippen LogP) is 4.53. The lowest BCUT2D eigenvalue weighted by Gasteiger charge is -2.23. The topological polar surface area (TPSA) is 21.3 Å². The van der Waals surface area contributed by atoms with E-state index in [2.05, 4.69) is 50.4 Å². The molecule has 0 heterocycles. The van der Waals surface area contributed by atoms with Crippen LogP contribution in [0.2, 0.25) is 0 Å². The monoisotopic (exact) mass is 289 g/mol. The van der Waals surface area contributed by atoms with Gasteiger partial charge in [-0.2, -0.15) is 0 Å². The van der Waals surface area contributed by atoms with Gasteiger partial charge in [-0.25, -0.2) is 0 Å². The molecule has 1 aromatic carbocycles. The Morgan fingerprint density at radius 2 is 1.81 bits per heavy atom. The van der Waals surface area contributed by atoms with Gasteiger partial charge in [0, 0.05) is 6.54 Å². The molecule has 1 saturated carbocycles. The molecule has 1 aliphatic rings. The Morgan fingerprint density at radius 1 is 1.14 bits per heavy atom. The standard InChI is InChI=1S/C19H31NO/c1-4-19(2,3)17-9-11-18(12-10-17)21-14-13-20-15-16-7-5-6-8-16/h9-12,16,20H,4-8,13-15H2,1-3H3. The molecule has 1 fully saturated rings. The zero-order valence-electron chi connectivity index (χ0n) is 14.0. The van der Waals surface area contributed by atoms with E-state index in [1.165, 1.54) is 31.2 Å². The van der Waals surface area contributed by atoms with Gasteiger partial charge in [0.05, 0.1) is 0 Å². The molecule has 2 heteroatoms. The van der Waals surface area contributed by atoms with Crippen molar-refractivity contribution in [3.05, 3.63) is 29.8 Å². The second-order valence-corrected chi connectivity index (χ2v) is 6.96. The van der Waals surface area contributed by atoms with E-state index < -0.39 is 0 Å². The number of rotatable bonds is 8. The summed E-state index contributed by atoms with van der Waals surface area (Å²) in [5.41, 5.74) is 1.64. The first-order valence-corrected chi connectivity index (χ1v) is 8.56. The number of hydrogen-bond donors (Lipinski definition) is 1. The van der Waals surface area contributed by atoms with Gasteiger partial charge in [-0.15, -0.1) is 0 Å². The normalized spacial score (nSPS) is 16.3. The third-order valence-electron chi connectivity index (χ3n) is 4.97. The summed E-state index contributed by atoms with van der Waals surface area (Å²) in [6.07, 6.45) is 6.80. The number of nitrogens with one attached hydrogen (secondary N) is 1. The second kappa shape index (κ2) is 7.84. The SMILES string of the molecule is CCC(C)(C)c1ccc(OCCNCC2CCCC2)cc1. The maximum absolute atomic E-state index is 5.81. The zero-order chi connectivity index (χ0) is 15.1. The Kier molecular flexibility index (Phi) is 6.10. The first kappa shape index (κ1) is 16.4. The second-order valence-electron chi connectivity index (χ2n) is 6.96. The fourth-order valence-electron chi connectivity index (χ4n) is 2.97. The molecule has 1 aliphatic carbocycles. The van der Waals surface area contributed by atoms with Crippen LogP contribution in [0.15, 0.2) is 24.3 Å². The van der Waals surface area contributed by atoms with Crippen LogP contribution in [0.3, 0.4) is 0 Å². The summed E-state index contributed by atoms with van der Waals surface area (Å²) in [5, 5.41) is 3.52. The number of ether oxygens (including phenoxy) is 1. The van der Waals surface area contributed by atoms with E-state index in [0.717, 1.165) is 37.8 Å². The van der Waals surface area contributed by atoms with Crippen LogP contribution in [0, 0.1) is 5.92 Å². The van der Waals surface area contributed by atoms with Crippen molar-refractivity contribution in [3.63, 3.8) is 0 Å². The quantitative estimate of drug-likeness (QED) is 0.710. The molecule has 0 saturated heterocycles. The average Bonchev–Trinajstić information content (AvgIpc) is 3.01. The van der Waals surface area contributed by atoms with Gasteiger partial charge < -0.3 is 10.1 Å². The number of hydrogen-bond acceptors (Lipinski definition) is 2. The molecule has 0 aromatic heterocycles. The van der Waals surface area contributed by atoms with Gasteiger partial charge in [-0.05, 0) is 54.8 Å². The van der Waals surface area contributed by atoms with Crippen molar-refractivity contribution >= 4 is 0 Å². The van der Waals surface area contributed by atoms with E-state index in [4.69, 9.17) is 4.74 Å². The Labute approximate surface area is 130 Å². The zero-order valence-corrected chi connectivity index (χ0v) is 14.0. The van der Waals surface area contributed by atoms with Crippen LogP contribution in [-0.4, -0.2) is 19.7 Å². The van der Waals surface area contributed by atoms with Crippen molar-refractivity contribution in [1.82, 2.24) is 5.32 Å².